The van der Waals surface area contributed by atoms with Crippen molar-refractivity contribution in [2.45, 2.75) is 98.1 Å². The first-order chi connectivity index (χ1) is 19.2. The molecule has 0 N–H and O–H groups in total. The topological polar surface area (TPSA) is 52.6 Å². The van der Waals surface area contributed by atoms with Crippen molar-refractivity contribution in [1.82, 2.24) is 0 Å². The zero-order valence-electron chi connectivity index (χ0n) is 26.5. The van der Waals surface area contributed by atoms with E-state index < -0.39 is 19.8 Å². The third kappa shape index (κ3) is 9.15. The molecule has 222 valence electrons. The molecule has 0 aromatic heterocycles. The third-order valence-electron chi connectivity index (χ3n) is 7.85. The summed E-state index contributed by atoms with van der Waals surface area (Å²) >= 11 is 0. The fourth-order valence-corrected chi connectivity index (χ4v) is 10.6. The zero-order valence-corrected chi connectivity index (χ0v) is 27.5. The van der Waals surface area contributed by atoms with Gasteiger partial charge in [0.15, 0.2) is 0 Å². The van der Waals surface area contributed by atoms with Crippen LogP contribution in [-0.4, -0.2) is 32.3 Å². The second kappa shape index (κ2) is 14.0. The molecule has 0 amide bonds. The van der Waals surface area contributed by atoms with Crippen LogP contribution in [-0.2, 0) is 18.8 Å². The summed E-state index contributed by atoms with van der Waals surface area (Å²) in [4.78, 5) is 26.2. The van der Waals surface area contributed by atoms with E-state index in [2.05, 4.69) is 95.0 Å². The van der Waals surface area contributed by atoms with Crippen LogP contribution < -0.4 is 10.4 Å². The minimum atomic E-state index is -2.75. The highest BCUT2D eigenvalue weighted by Crippen LogP contribution is 2.38. The standard InChI is InChI=1S/C36H50O4Si/c1-27(2)23-29-24-28(25-29)19-20-33(37)30(26-34(38)40-35(3,4)5)21-22-39-41(36(6,7)8,31-15-11-9-12-16-31)32-17-13-10-14-18-32/h9-18,27-30H,21-26H2,1-8H3/t28?,29?,30-/m0/s1. The summed E-state index contributed by atoms with van der Waals surface area (Å²) in [5.41, 5.74) is -0.612. The monoisotopic (exact) mass is 574 g/mol. The molecule has 0 unspecified atom stereocenters. The van der Waals surface area contributed by atoms with Crippen molar-refractivity contribution in [1.29, 1.82) is 0 Å². The van der Waals surface area contributed by atoms with E-state index >= 15 is 0 Å². The van der Waals surface area contributed by atoms with Crippen LogP contribution in [0.2, 0.25) is 5.04 Å². The van der Waals surface area contributed by atoms with E-state index in [1.54, 1.807) is 0 Å². The van der Waals surface area contributed by atoms with Crippen molar-refractivity contribution < 1.29 is 18.8 Å². The summed E-state index contributed by atoms with van der Waals surface area (Å²) in [6.07, 6.45) is 3.76. The Bertz CT molecular complexity index is 1150. The maximum Gasteiger partial charge on any atom is 0.307 e. The molecule has 2 aromatic rings. The number of hydrogen-bond donors (Lipinski definition) is 0. The molecule has 5 heteroatoms. The Balaban J connectivity index is 1.82. The number of hydrogen-bond acceptors (Lipinski definition) is 4. The molecule has 1 fully saturated rings. The first-order valence-corrected chi connectivity index (χ1v) is 17.1. The lowest BCUT2D eigenvalue weighted by molar-refractivity contribution is -0.157. The van der Waals surface area contributed by atoms with Crippen LogP contribution in [0, 0.1) is 35.5 Å². The van der Waals surface area contributed by atoms with Gasteiger partial charge in [-0.2, -0.15) is 0 Å². The number of ether oxygens (including phenoxy) is 1. The van der Waals surface area contributed by atoms with E-state index in [1.807, 2.05) is 32.9 Å². The Morgan fingerprint density at radius 2 is 1.44 bits per heavy atom. The number of benzene rings is 2. The van der Waals surface area contributed by atoms with Gasteiger partial charge in [0.25, 0.3) is 8.32 Å². The van der Waals surface area contributed by atoms with E-state index in [9.17, 15) is 9.59 Å². The van der Waals surface area contributed by atoms with Crippen molar-refractivity contribution in [2.24, 2.45) is 23.7 Å². The predicted molar refractivity (Wildman–Crippen MR) is 171 cm³/mol. The highest BCUT2D eigenvalue weighted by Gasteiger charge is 2.50. The SMILES string of the molecule is CC(C)CC1CC(C#CC(=O)[C@@H](CCO[Si](c2ccccc2)(c2ccccc2)C(C)(C)C)CC(=O)OC(C)(C)C)C1. The molecule has 1 saturated carbocycles. The Kier molecular flexibility index (Phi) is 11.2. The van der Waals surface area contributed by atoms with Crippen LogP contribution in [0.25, 0.3) is 0 Å². The number of carbonyl (C=O) groups excluding carboxylic acids is 2. The van der Waals surface area contributed by atoms with Gasteiger partial charge in [0.1, 0.15) is 5.60 Å². The number of ketones is 1. The normalized spacial score (nSPS) is 18.2. The minimum Gasteiger partial charge on any atom is -0.460 e. The third-order valence-corrected chi connectivity index (χ3v) is 12.9. The van der Waals surface area contributed by atoms with Crippen LogP contribution in [0.5, 0.6) is 0 Å². The Labute approximate surface area is 249 Å². The first kappa shape index (κ1) is 32.8. The number of esters is 1. The highest BCUT2D eigenvalue weighted by molar-refractivity contribution is 6.99. The summed E-state index contributed by atoms with van der Waals surface area (Å²) in [5, 5.41) is 2.21. The van der Waals surface area contributed by atoms with Gasteiger partial charge in [0.2, 0.25) is 5.78 Å². The maximum atomic E-state index is 13.4. The van der Waals surface area contributed by atoms with Crippen molar-refractivity contribution in [2.75, 3.05) is 6.61 Å². The molecule has 41 heavy (non-hydrogen) atoms. The van der Waals surface area contributed by atoms with Crippen molar-refractivity contribution >= 4 is 30.4 Å². The second-order valence-corrected chi connectivity index (χ2v) is 18.4. The molecule has 0 radical (unpaired) electrons. The lowest BCUT2D eigenvalue weighted by atomic mass is 9.72. The molecule has 1 atom stereocenters. The lowest BCUT2D eigenvalue weighted by Crippen LogP contribution is -2.66. The van der Waals surface area contributed by atoms with Crippen LogP contribution in [0.1, 0.15) is 87.5 Å². The molecule has 0 saturated heterocycles. The fourth-order valence-electron chi connectivity index (χ4n) is 6.01. The van der Waals surface area contributed by atoms with Crippen LogP contribution in [0.4, 0.5) is 0 Å². The van der Waals surface area contributed by atoms with Crippen LogP contribution in [0.15, 0.2) is 60.7 Å². The largest absolute Gasteiger partial charge is 0.460 e. The molecule has 0 spiro atoms. The number of rotatable bonds is 11. The second-order valence-electron chi connectivity index (χ2n) is 14.1. The molecule has 1 aliphatic rings. The molecule has 0 aliphatic heterocycles. The van der Waals surface area contributed by atoms with Gasteiger partial charge < -0.3 is 9.16 Å². The van der Waals surface area contributed by atoms with Crippen LogP contribution >= 0.6 is 0 Å². The van der Waals surface area contributed by atoms with E-state index in [4.69, 9.17) is 9.16 Å². The molecular formula is C36H50O4Si. The van der Waals surface area contributed by atoms with Gasteiger partial charge >= 0.3 is 5.97 Å². The molecule has 3 rings (SSSR count). The Hall–Kier alpha value is -2.68. The van der Waals surface area contributed by atoms with Crippen LogP contribution in [0.3, 0.4) is 0 Å². The van der Waals surface area contributed by atoms with Gasteiger partial charge in [-0.25, -0.2) is 0 Å². The van der Waals surface area contributed by atoms with E-state index in [0.717, 1.165) is 12.8 Å². The average molecular weight is 575 g/mol. The number of carbonyl (C=O) groups is 2. The summed E-state index contributed by atoms with van der Waals surface area (Å²) in [7, 11) is -2.75. The molecular weight excluding hydrogens is 524 g/mol. The quantitative estimate of drug-likeness (QED) is 0.126. The molecule has 0 heterocycles. The Morgan fingerprint density at radius 1 is 0.902 bits per heavy atom. The van der Waals surface area contributed by atoms with Gasteiger partial charge in [-0.1, -0.05) is 101 Å². The molecule has 1 aliphatic carbocycles. The minimum absolute atomic E-state index is 0.00946. The van der Waals surface area contributed by atoms with Gasteiger partial charge in [-0.05, 0) is 79.6 Å². The van der Waals surface area contributed by atoms with Crippen molar-refractivity contribution in [3.05, 3.63) is 60.7 Å². The lowest BCUT2D eigenvalue weighted by Gasteiger charge is -2.43. The fraction of sp³-hybridized carbons (Fsp3) is 0.556. The first-order valence-electron chi connectivity index (χ1n) is 15.2. The van der Waals surface area contributed by atoms with Crippen molar-refractivity contribution in [3.63, 3.8) is 0 Å². The smallest absolute Gasteiger partial charge is 0.307 e. The summed E-state index contributed by atoms with van der Waals surface area (Å²) in [6, 6.07) is 20.9. The van der Waals surface area contributed by atoms with Gasteiger partial charge in [-0.3, -0.25) is 9.59 Å². The average Bonchev–Trinajstić information content (AvgIpc) is 2.86. The molecule has 4 nitrogen and oxygen atoms in total. The van der Waals surface area contributed by atoms with Gasteiger partial charge in [0, 0.05) is 18.4 Å². The molecule has 2 aromatic carbocycles. The maximum absolute atomic E-state index is 13.4. The van der Waals surface area contributed by atoms with E-state index in [0.29, 0.717) is 24.9 Å². The van der Waals surface area contributed by atoms with Crippen molar-refractivity contribution in [3.8, 4) is 11.8 Å². The Morgan fingerprint density at radius 3 is 1.90 bits per heavy atom. The highest BCUT2D eigenvalue weighted by atomic mass is 28.4. The summed E-state index contributed by atoms with van der Waals surface area (Å²) in [5.74, 6) is 6.70. The molecule has 0 bridgehead atoms. The zero-order chi connectivity index (χ0) is 30.3. The number of Topliss-reactive ketones (excluding diaryl/α,β-unsaturated/α-hetero) is 1. The van der Waals surface area contributed by atoms with Gasteiger partial charge in [0.05, 0.1) is 6.42 Å². The summed E-state index contributed by atoms with van der Waals surface area (Å²) < 4.78 is 12.6. The van der Waals surface area contributed by atoms with E-state index in [-0.39, 0.29) is 29.1 Å². The van der Waals surface area contributed by atoms with E-state index in [1.165, 1.54) is 16.8 Å². The van der Waals surface area contributed by atoms with Gasteiger partial charge in [-0.15, -0.1) is 0 Å². The predicted octanol–water partition coefficient (Wildman–Crippen LogP) is 6.95. The summed E-state index contributed by atoms with van der Waals surface area (Å²) in [6.45, 7) is 17.1.